The molecule has 1 aromatic carbocycles. The van der Waals surface area contributed by atoms with E-state index in [4.69, 9.17) is 0 Å². The van der Waals surface area contributed by atoms with Gasteiger partial charge in [-0.25, -0.2) is 4.79 Å². The molecule has 0 radical (unpaired) electrons. The zero-order chi connectivity index (χ0) is 13.8. The molecule has 2 rings (SSSR count). The third kappa shape index (κ3) is 2.65. The van der Waals surface area contributed by atoms with Gasteiger partial charge < -0.3 is 4.90 Å². The molecule has 1 fully saturated rings. The summed E-state index contributed by atoms with van der Waals surface area (Å²) >= 11 is 0. The molecule has 5 nitrogen and oxygen atoms in total. The molecule has 0 aromatic heterocycles. The van der Waals surface area contributed by atoms with Crippen molar-refractivity contribution in [2.24, 2.45) is 0 Å². The number of urea groups is 1. The molecule has 0 spiro atoms. The first-order valence-electron chi connectivity index (χ1n) is 6.36. The highest BCUT2D eigenvalue weighted by molar-refractivity contribution is 6.16. The SMILES string of the molecule is CCCN1CCC(=O)N(C(=O)c2ccccc2)C1=O. The van der Waals surface area contributed by atoms with Crippen molar-refractivity contribution >= 4 is 17.8 Å². The lowest BCUT2D eigenvalue weighted by molar-refractivity contribution is -0.128. The molecule has 100 valence electrons. The second-order valence-corrected chi connectivity index (χ2v) is 4.42. The lowest BCUT2D eigenvalue weighted by Crippen LogP contribution is -2.54. The van der Waals surface area contributed by atoms with Crippen LogP contribution in [0.5, 0.6) is 0 Å². The first kappa shape index (κ1) is 13.3. The number of benzene rings is 1. The molecule has 0 N–H and O–H groups in total. The van der Waals surface area contributed by atoms with Gasteiger partial charge in [-0.2, -0.15) is 4.90 Å². The molecule has 1 aliphatic heterocycles. The van der Waals surface area contributed by atoms with Crippen LogP contribution in [0.2, 0.25) is 0 Å². The number of rotatable bonds is 3. The summed E-state index contributed by atoms with van der Waals surface area (Å²) in [5.74, 6) is -0.970. The molecule has 19 heavy (non-hydrogen) atoms. The van der Waals surface area contributed by atoms with Crippen LogP contribution < -0.4 is 0 Å². The number of hydrogen-bond acceptors (Lipinski definition) is 3. The van der Waals surface area contributed by atoms with Crippen LogP contribution in [-0.4, -0.2) is 40.7 Å². The topological polar surface area (TPSA) is 57.7 Å². The van der Waals surface area contributed by atoms with Gasteiger partial charge >= 0.3 is 6.03 Å². The smallest absolute Gasteiger partial charge is 0.323 e. The number of carbonyl (C=O) groups is 3. The molecule has 4 amide bonds. The summed E-state index contributed by atoms with van der Waals surface area (Å²) in [6.45, 7) is 2.90. The van der Waals surface area contributed by atoms with E-state index in [1.807, 2.05) is 6.92 Å². The van der Waals surface area contributed by atoms with E-state index in [0.29, 0.717) is 18.7 Å². The first-order chi connectivity index (χ1) is 9.15. The Bertz CT molecular complexity index is 499. The summed E-state index contributed by atoms with van der Waals surface area (Å²) in [4.78, 5) is 38.5. The molecular formula is C14H16N2O3. The van der Waals surface area contributed by atoms with Crippen molar-refractivity contribution in [3.05, 3.63) is 35.9 Å². The zero-order valence-electron chi connectivity index (χ0n) is 10.8. The van der Waals surface area contributed by atoms with Crippen LogP contribution in [0.3, 0.4) is 0 Å². The van der Waals surface area contributed by atoms with Crippen molar-refractivity contribution in [3.8, 4) is 0 Å². The minimum absolute atomic E-state index is 0.199. The number of amides is 4. The predicted molar refractivity (Wildman–Crippen MR) is 69.5 cm³/mol. The Hall–Kier alpha value is -2.17. The van der Waals surface area contributed by atoms with E-state index >= 15 is 0 Å². The Morgan fingerprint density at radius 3 is 2.53 bits per heavy atom. The van der Waals surface area contributed by atoms with E-state index in [1.165, 1.54) is 0 Å². The van der Waals surface area contributed by atoms with Gasteiger partial charge in [0.2, 0.25) is 5.91 Å². The van der Waals surface area contributed by atoms with Gasteiger partial charge in [0.05, 0.1) is 0 Å². The van der Waals surface area contributed by atoms with Crippen molar-refractivity contribution in [1.29, 1.82) is 0 Å². The fourth-order valence-electron chi connectivity index (χ4n) is 2.07. The zero-order valence-corrected chi connectivity index (χ0v) is 10.8. The molecule has 1 aromatic rings. The van der Waals surface area contributed by atoms with E-state index in [0.717, 1.165) is 11.3 Å². The van der Waals surface area contributed by atoms with Gasteiger partial charge in [-0.05, 0) is 18.6 Å². The van der Waals surface area contributed by atoms with Crippen LogP contribution >= 0.6 is 0 Å². The molecule has 0 saturated carbocycles. The van der Waals surface area contributed by atoms with Crippen LogP contribution in [0.15, 0.2) is 30.3 Å². The van der Waals surface area contributed by atoms with Crippen molar-refractivity contribution in [2.75, 3.05) is 13.1 Å². The first-order valence-corrected chi connectivity index (χ1v) is 6.36. The maximum absolute atomic E-state index is 12.2. The molecule has 5 heteroatoms. The minimum Gasteiger partial charge on any atom is -0.323 e. The van der Waals surface area contributed by atoms with Crippen molar-refractivity contribution in [3.63, 3.8) is 0 Å². The van der Waals surface area contributed by atoms with Gasteiger partial charge in [0.15, 0.2) is 0 Å². The van der Waals surface area contributed by atoms with Gasteiger partial charge in [0, 0.05) is 25.1 Å². The Morgan fingerprint density at radius 1 is 1.21 bits per heavy atom. The average Bonchev–Trinajstić information content (AvgIpc) is 2.43. The lowest BCUT2D eigenvalue weighted by Gasteiger charge is -2.32. The Labute approximate surface area is 111 Å². The molecule has 0 unspecified atom stereocenters. The summed E-state index contributed by atoms with van der Waals surface area (Å²) < 4.78 is 0. The summed E-state index contributed by atoms with van der Waals surface area (Å²) in [5, 5.41) is 0. The second kappa shape index (κ2) is 5.65. The molecule has 0 atom stereocenters. The molecular weight excluding hydrogens is 244 g/mol. The number of nitrogens with zero attached hydrogens (tertiary/aromatic N) is 2. The second-order valence-electron chi connectivity index (χ2n) is 4.42. The summed E-state index contributed by atoms with van der Waals surface area (Å²) in [6.07, 6.45) is 0.998. The number of carbonyl (C=O) groups excluding carboxylic acids is 3. The molecule has 0 aliphatic carbocycles. The van der Waals surface area contributed by atoms with E-state index in [9.17, 15) is 14.4 Å². The van der Waals surface area contributed by atoms with Crippen LogP contribution in [0.4, 0.5) is 4.79 Å². The van der Waals surface area contributed by atoms with Gasteiger partial charge in [-0.1, -0.05) is 25.1 Å². The highest BCUT2D eigenvalue weighted by Crippen LogP contribution is 2.15. The van der Waals surface area contributed by atoms with Crippen LogP contribution in [-0.2, 0) is 4.79 Å². The Balaban J connectivity index is 2.23. The van der Waals surface area contributed by atoms with Crippen LogP contribution in [0.1, 0.15) is 30.1 Å². The monoisotopic (exact) mass is 260 g/mol. The summed E-state index contributed by atoms with van der Waals surface area (Å²) in [5.41, 5.74) is 0.350. The van der Waals surface area contributed by atoms with E-state index in [-0.39, 0.29) is 6.42 Å². The fraction of sp³-hybridized carbons (Fsp3) is 0.357. The summed E-state index contributed by atoms with van der Waals surface area (Å²) in [6, 6.07) is 7.88. The van der Waals surface area contributed by atoms with E-state index in [1.54, 1.807) is 35.2 Å². The molecule has 1 heterocycles. The van der Waals surface area contributed by atoms with Crippen LogP contribution in [0.25, 0.3) is 0 Å². The van der Waals surface area contributed by atoms with Gasteiger partial charge in [0.1, 0.15) is 0 Å². The van der Waals surface area contributed by atoms with Crippen LogP contribution in [0, 0.1) is 0 Å². The molecule has 0 bridgehead atoms. The number of imide groups is 3. The normalized spacial score (nSPS) is 15.8. The maximum atomic E-state index is 12.2. The standard InChI is InChI=1S/C14H16N2O3/c1-2-9-15-10-8-12(17)16(14(15)19)13(18)11-6-4-3-5-7-11/h3-7H,2,8-10H2,1H3. The maximum Gasteiger partial charge on any atom is 0.333 e. The number of hydrogen-bond donors (Lipinski definition) is 0. The Kier molecular flexibility index (Phi) is 3.94. The molecule has 1 aliphatic rings. The van der Waals surface area contributed by atoms with E-state index in [2.05, 4.69) is 0 Å². The van der Waals surface area contributed by atoms with Crippen molar-refractivity contribution < 1.29 is 14.4 Å². The third-order valence-electron chi connectivity index (χ3n) is 3.02. The summed E-state index contributed by atoms with van der Waals surface area (Å²) in [7, 11) is 0. The minimum atomic E-state index is -0.545. The van der Waals surface area contributed by atoms with Crippen molar-refractivity contribution in [1.82, 2.24) is 9.80 Å². The predicted octanol–water partition coefficient (Wildman–Crippen LogP) is 1.89. The third-order valence-corrected chi connectivity index (χ3v) is 3.02. The van der Waals surface area contributed by atoms with Gasteiger partial charge in [0.25, 0.3) is 5.91 Å². The quantitative estimate of drug-likeness (QED) is 0.780. The largest absolute Gasteiger partial charge is 0.333 e. The van der Waals surface area contributed by atoms with Gasteiger partial charge in [-0.3, -0.25) is 9.59 Å². The lowest BCUT2D eigenvalue weighted by atomic mass is 10.1. The van der Waals surface area contributed by atoms with E-state index < -0.39 is 17.8 Å². The van der Waals surface area contributed by atoms with Gasteiger partial charge in [-0.15, -0.1) is 0 Å². The fourth-order valence-corrected chi connectivity index (χ4v) is 2.07. The highest BCUT2D eigenvalue weighted by atomic mass is 16.2. The molecule has 1 saturated heterocycles. The average molecular weight is 260 g/mol. The van der Waals surface area contributed by atoms with Crippen molar-refractivity contribution in [2.45, 2.75) is 19.8 Å². The Morgan fingerprint density at radius 2 is 1.89 bits per heavy atom. The highest BCUT2D eigenvalue weighted by Gasteiger charge is 2.36.